The summed E-state index contributed by atoms with van der Waals surface area (Å²) in [5.74, 6) is -0.253. The van der Waals surface area contributed by atoms with Crippen molar-refractivity contribution in [2.75, 3.05) is 12.3 Å². The number of rotatable bonds is 7. The molecule has 1 aromatic carbocycles. The predicted octanol–water partition coefficient (Wildman–Crippen LogP) is 2.60. The zero-order chi connectivity index (χ0) is 16.9. The zero-order valence-electron chi connectivity index (χ0n) is 13.7. The molecule has 0 saturated heterocycles. The van der Waals surface area contributed by atoms with Crippen LogP contribution in [0.1, 0.15) is 55.8 Å². The van der Waals surface area contributed by atoms with Gasteiger partial charge in [0.1, 0.15) is 0 Å². The summed E-state index contributed by atoms with van der Waals surface area (Å²) in [5, 5.41) is 14.3. The number of aliphatic hydroxyl groups is 1. The van der Waals surface area contributed by atoms with Gasteiger partial charge in [0.15, 0.2) is 0 Å². The first-order valence-corrected chi connectivity index (χ1v) is 9.88. The summed E-state index contributed by atoms with van der Waals surface area (Å²) in [4.78, 5) is 0. The van der Waals surface area contributed by atoms with Crippen molar-refractivity contribution >= 4 is 10.1 Å². The standard InChI is InChI=1S/C17H27NO4S/c1-14-6-8-15(9-7-14)16(19)17(10-3-2-4-11-17)18-12-5-13-23(20,21)22/h6-9,16,18-19H,2-5,10-13H2,1H3,(H,20,21,22). The molecule has 0 aliphatic heterocycles. The van der Waals surface area contributed by atoms with Crippen LogP contribution < -0.4 is 5.32 Å². The van der Waals surface area contributed by atoms with Gasteiger partial charge < -0.3 is 10.4 Å². The fraction of sp³-hybridized carbons (Fsp3) is 0.647. The van der Waals surface area contributed by atoms with Gasteiger partial charge in [-0.3, -0.25) is 4.55 Å². The van der Waals surface area contributed by atoms with Gasteiger partial charge in [-0.2, -0.15) is 8.42 Å². The average molecular weight is 341 g/mol. The van der Waals surface area contributed by atoms with Crippen LogP contribution in [0.2, 0.25) is 0 Å². The number of aryl methyl sites for hydroxylation is 1. The second-order valence-electron chi connectivity index (χ2n) is 6.60. The normalized spacial score (nSPS) is 19.4. The fourth-order valence-electron chi connectivity index (χ4n) is 3.39. The molecule has 2 rings (SSSR count). The van der Waals surface area contributed by atoms with Crippen LogP contribution in [0.5, 0.6) is 0 Å². The molecular weight excluding hydrogens is 314 g/mol. The highest BCUT2D eigenvalue weighted by atomic mass is 32.2. The lowest BCUT2D eigenvalue weighted by Crippen LogP contribution is -2.52. The lowest BCUT2D eigenvalue weighted by Gasteiger charge is -2.42. The van der Waals surface area contributed by atoms with Gasteiger partial charge in [0.2, 0.25) is 0 Å². The van der Waals surface area contributed by atoms with Gasteiger partial charge in [-0.05, 0) is 38.3 Å². The van der Waals surface area contributed by atoms with E-state index >= 15 is 0 Å². The lowest BCUT2D eigenvalue weighted by atomic mass is 9.75. The molecule has 130 valence electrons. The van der Waals surface area contributed by atoms with E-state index in [1.807, 2.05) is 31.2 Å². The summed E-state index contributed by atoms with van der Waals surface area (Å²) in [5.41, 5.74) is 1.63. The molecule has 23 heavy (non-hydrogen) atoms. The molecule has 6 heteroatoms. The summed E-state index contributed by atoms with van der Waals surface area (Å²) in [6, 6.07) is 7.90. The molecule has 0 spiro atoms. The molecule has 1 saturated carbocycles. The van der Waals surface area contributed by atoms with E-state index in [1.54, 1.807) is 0 Å². The highest BCUT2D eigenvalue weighted by Crippen LogP contribution is 2.38. The average Bonchev–Trinajstić information content (AvgIpc) is 2.52. The molecule has 0 amide bonds. The first-order chi connectivity index (χ1) is 10.8. The van der Waals surface area contributed by atoms with Crippen LogP contribution in [0, 0.1) is 6.92 Å². The molecule has 1 aliphatic carbocycles. The number of nitrogens with one attached hydrogen (secondary N) is 1. The van der Waals surface area contributed by atoms with Crippen molar-refractivity contribution in [3.63, 3.8) is 0 Å². The van der Waals surface area contributed by atoms with Gasteiger partial charge in [-0.25, -0.2) is 0 Å². The molecule has 1 fully saturated rings. The van der Waals surface area contributed by atoms with Crippen LogP contribution in [0.15, 0.2) is 24.3 Å². The topological polar surface area (TPSA) is 86.6 Å². The quantitative estimate of drug-likeness (QED) is 0.524. The van der Waals surface area contributed by atoms with Crippen LogP contribution >= 0.6 is 0 Å². The molecule has 0 aromatic heterocycles. The van der Waals surface area contributed by atoms with Crippen molar-refractivity contribution < 1.29 is 18.1 Å². The highest BCUT2D eigenvalue weighted by molar-refractivity contribution is 7.85. The van der Waals surface area contributed by atoms with Gasteiger partial charge in [-0.15, -0.1) is 0 Å². The lowest BCUT2D eigenvalue weighted by molar-refractivity contribution is 0.0322. The van der Waals surface area contributed by atoms with E-state index in [2.05, 4.69) is 5.32 Å². The van der Waals surface area contributed by atoms with Crippen LogP contribution in [0.4, 0.5) is 0 Å². The minimum absolute atomic E-state index is 0.253. The van der Waals surface area contributed by atoms with E-state index in [-0.39, 0.29) is 5.75 Å². The summed E-state index contributed by atoms with van der Waals surface area (Å²) in [6.07, 6.45) is 4.72. The molecule has 0 heterocycles. The van der Waals surface area contributed by atoms with Gasteiger partial charge in [0.05, 0.1) is 11.9 Å². The van der Waals surface area contributed by atoms with Crippen molar-refractivity contribution in [3.8, 4) is 0 Å². The molecule has 1 atom stereocenters. The number of hydrogen-bond acceptors (Lipinski definition) is 4. The Balaban J connectivity index is 2.06. The number of benzene rings is 1. The maximum atomic E-state index is 10.9. The van der Waals surface area contributed by atoms with Gasteiger partial charge >= 0.3 is 0 Å². The third kappa shape index (κ3) is 5.28. The van der Waals surface area contributed by atoms with E-state index in [0.29, 0.717) is 13.0 Å². The Labute approximate surface area is 138 Å². The zero-order valence-corrected chi connectivity index (χ0v) is 14.5. The van der Waals surface area contributed by atoms with Gasteiger partial charge in [-0.1, -0.05) is 49.1 Å². The molecular formula is C17H27NO4S. The Bertz CT molecular complexity index is 592. The molecule has 5 nitrogen and oxygen atoms in total. The molecule has 1 aliphatic rings. The van der Waals surface area contributed by atoms with Crippen molar-refractivity contribution in [1.29, 1.82) is 0 Å². The van der Waals surface area contributed by atoms with E-state index in [4.69, 9.17) is 4.55 Å². The van der Waals surface area contributed by atoms with Crippen molar-refractivity contribution in [2.24, 2.45) is 0 Å². The van der Waals surface area contributed by atoms with E-state index in [1.165, 1.54) is 0 Å². The van der Waals surface area contributed by atoms with Gasteiger partial charge in [0, 0.05) is 5.54 Å². The third-order valence-corrected chi connectivity index (χ3v) is 5.52. The molecule has 0 radical (unpaired) electrons. The fourth-order valence-corrected chi connectivity index (χ4v) is 3.90. The van der Waals surface area contributed by atoms with Crippen LogP contribution in [0.3, 0.4) is 0 Å². The predicted molar refractivity (Wildman–Crippen MR) is 91.0 cm³/mol. The van der Waals surface area contributed by atoms with Crippen molar-refractivity contribution in [2.45, 2.75) is 57.1 Å². The van der Waals surface area contributed by atoms with Crippen LogP contribution in [-0.2, 0) is 10.1 Å². The monoisotopic (exact) mass is 341 g/mol. The van der Waals surface area contributed by atoms with Gasteiger partial charge in [0.25, 0.3) is 10.1 Å². The van der Waals surface area contributed by atoms with E-state index < -0.39 is 21.8 Å². The molecule has 0 bridgehead atoms. The third-order valence-electron chi connectivity index (χ3n) is 4.72. The van der Waals surface area contributed by atoms with Crippen molar-refractivity contribution in [1.82, 2.24) is 5.32 Å². The minimum atomic E-state index is -3.93. The minimum Gasteiger partial charge on any atom is -0.386 e. The molecule has 3 N–H and O–H groups in total. The second-order valence-corrected chi connectivity index (χ2v) is 8.17. The SMILES string of the molecule is Cc1ccc(C(O)C2(NCCCS(=O)(=O)O)CCCCC2)cc1. The summed E-state index contributed by atoms with van der Waals surface area (Å²) < 4.78 is 30.5. The van der Waals surface area contributed by atoms with Crippen molar-refractivity contribution in [3.05, 3.63) is 35.4 Å². The number of aliphatic hydroxyl groups excluding tert-OH is 1. The Morgan fingerprint density at radius 1 is 1.17 bits per heavy atom. The first kappa shape index (κ1) is 18.4. The van der Waals surface area contributed by atoms with E-state index in [0.717, 1.165) is 43.2 Å². The van der Waals surface area contributed by atoms with Crippen LogP contribution in [0.25, 0.3) is 0 Å². The number of hydrogen-bond donors (Lipinski definition) is 3. The smallest absolute Gasteiger partial charge is 0.264 e. The Morgan fingerprint density at radius 3 is 2.35 bits per heavy atom. The largest absolute Gasteiger partial charge is 0.386 e. The Morgan fingerprint density at radius 2 is 1.78 bits per heavy atom. The maximum absolute atomic E-state index is 10.9. The van der Waals surface area contributed by atoms with Crippen LogP contribution in [-0.4, -0.2) is 35.9 Å². The maximum Gasteiger partial charge on any atom is 0.264 e. The summed E-state index contributed by atoms with van der Waals surface area (Å²) >= 11 is 0. The highest BCUT2D eigenvalue weighted by Gasteiger charge is 2.39. The summed E-state index contributed by atoms with van der Waals surface area (Å²) in [7, 11) is -3.93. The Hall–Kier alpha value is -0.950. The second kappa shape index (κ2) is 7.75. The molecule has 1 aromatic rings. The first-order valence-electron chi connectivity index (χ1n) is 8.27. The molecule has 1 unspecified atom stereocenters. The summed E-state index contributed by atoms with van der Waals surface area (Å²) in [6.45, 7) is 2.48. The Kier molecular flexibility index (Phi) is 6.19. The van der Waals surface area contributed by atoms with E-state index in [9.17, 15) is 13.5 Å².